The molecule has 0 atom stereocenters. The van der Waals surface area contributed by atoms with Gasteiger partial charge in [-0.05, 0) is 30.3 Å². The van der Waals surface area contributed by atoms with Crippen LogP contribution in [0.3, 0.4) is 0 Å². The van der Waals surface area contributed by atoms with Crippen molar-refractivity contribution in [2.45, 2.75) is 4.90 Å². The van der Waals surface area contributed by atoms with Crippen molar-refractivity contribution in [1.29, 1.82) is 0 Å². The zero-order valence-electron chi connectivity index (χ0n) is 16.7. The Bertz CT molecular complexity index is 1340. The smallest absolute Gasteiger partial charge is 0.349 e. The fourth-order valence-electron chi connectivity index (χ4n) is 3.21. The number of hydrazine groups is 1. The minimum atomic E-state index is -3.79. The monoisotopic (exact) mass is 457 g/mol. The van der Waals surface area contributed by atoms with Gasteiger partial charge in [0, 0.05) is 24.0 Å². The van der Waals surface area contributed by atoms with Crippen LogP contribution in [0, 0.1) is 0 Å². The lowest BCUT2D eigenvalue weighted by Gasteiger charge is -2.26. The third kappa shape index (κ3) is 4.40. The van der Waals surface area contributed by atoms with E-state index in [1.807, 2.05) is 0 Å². The highest BCUT2D eigenvalue weighted by atomic mass is 32.2. The molecular formula is C21H19N3O7S. The zero-order valence-corrected chi connectivity index (χ0v) is 17.6. The summed E-state index contributed by atoms with van der Waals surface area (Å²) in [4.78, 5) is 36.9. The number of carbonyl (C=O) groups excluding carboxylic acids is 2. The summed E-state index contributed by atoms with van der Waals surface area (Å²) in [6.07, 6.45) is 0. The fraction of sp³-hybridized carbons (Fsp3) is 0.190. The summed E-state index contributed by atoms with van der Waals surface area (Å²) in [6, 6.07) is 13.5. The quantitative estimate of drug-likeness (QED) is 0.439. The molecule has 4 rings (SSSR count). The van der Waals surface area contributed by atoms with Crippen LogP contribution in [0.5, 0.6) is 0 Å². The Morgan fingerprint density at radius 2 is 1.62 bits per heavy atom. The van der Waals surface area contributed by atoms with Gasteiger partial charge in [-0.25, -0.2) is 13.2 Å². The molecule has 1 aliphatic heterocycles. The van der Waals surface area contributed by atoms with Crippen molar-refractivity contribution >= 4 is 32.8 Å². The van der Waals surface area contributed by atoms with Crippen molar-refractivity contribution in [2.75, 3.05) is 26.3 Å². The molecule has 2 aromatic carbocycles. The van der Waals surface area contributed by atoms with Crippen molar-refractivity contribution in [3.8, 4) is 0 Å². The highest BCUT2D eigenvalue weighted by Gasteiger charge is 2.27. The lowest BCUT2D eigenvalue weighted by molar-refractivity contribution is 0.0730. The van der Waals surface area contributed by atoms with E-state index in [4.69, 9.17) is 9.15 Å². The minimum absolute atomic E-state index is 0.0187. The molecule has 0 bridgehead atoms. The number of benzene rings is 2. The van der Waals surface area contributed by atoms with E-state index < -0.39 is 27.5 Å². The molecule has 10 nitrogen and oxygen atoms in total. The Hall–Kier alpha value is -3.54. The van der Waals surface area contributed by atoms with Crippen LogP contribution in [0.1, 0.15) is 20.7 Å². The van der Waals surface area contributed by atoms with Gasteiger partial charge in [-0.15, -0.1) is 0 Å². The van der Waals surface area contributed by atoms with E-state index in [-0.39, 0.29) is 29.1 Å². The van der Waals surface area contributed by atoms with Gasteiger partial charge in [0.25, 0.3) is 11.8 Å². The van der Waals surface area contributed by atoms with E-state index in [2.05, 4.69) is 10.9 Å². The Morgan fingerprint density at radius 3 is 2.41 bits per heavy atom. The SMILES string of the molecule is O=C(NNC(=O)c1cc2ccccc2oc1=O)c1cccc(S(=O)(=O)N2CCOCC2)c1. The predicted octanol–water partition coefficient (Wildman–Crippen LogP) is 0.889. The Labute approximate surface area is 182 Å². The topological polar surface area (TPSA) is 135 Å². The molecule has 0 aliphatic carbocycles. The number of nitrogens with zero attached hydrogens (tertiary/aromatic N) is 1. The number of sulfonamides is 1. The second-order valence-corrected chi connectivity index (χ2v) is 8.88. The number of morpholine rings is 1. The maximum absolute atomic E-state index is 12.8. The summed E-state index contributed by atoms with van der Waals surface area (Å²) in [6.45, 7) is 1.05. The van der Waals surface area contributed by atoms with Crippen molar-refractivity contribution in [3.63, 3.8) is 0 Å². The highest BCUT2D eigenvalue weighted by molar-refractivity contribution is 7.89. The van der Waals surface area contributed by atoms with Crippen LogP contribution in [0.15, 0.2) is 68.7 Å². The third-order valence-electron chi connectivity index (χ3n) is 4.88. The number of rotatable bonds is 4. The van der Waals surface area contributed by atoms with Crippen LogP contribution in [-0.4, -0.2) is 50.8 Å². The maximum atomic E-state index is 12.8. The van der Waals surface area contributed by atoms with Crippen molar-refractivity contribution in [1.82, 2.24) is 15.2 Å². The van der Waals surface area contributed by atoms with Gasteiger partial charge in [0.15, 0.2) is 0 Å². The van der Waals surface area contributed by atoms with E-state index in [1.54, 1.807) is 24.3 Å². The van der Waals surface area contributed by atoms with Crippen LogP contribution in [0.2, 0.25) is 0 Å². The summed E-state index contributed by atoms with van der Waals surface area (Å²) < 4.78 is 37.1. The first kappa shape index (κ1) is 21.7. The Kier molecular flexibility index (Phi) is 6.04. The maximum Gasteiger partial charge on any atom is 0.349 e. The fourth-order valence-corrected chi connectivity index (χ4v) is 4.66. The third-order valence-corrected chi connectivity index (χ3v) is 6.77. The molecule has 11 heteroatoms. The number of fused-ring (bicyclic) bond motifs is 1. The molecule has 32 heavy (non-hydrogen) atoms. The van der Waals surface area contributed by atoms with E-state index in [0.29, 0.717) is 24.2 Å². The molecule has 0 saturated carbocycles. The number of amides is 2. The average molecular weight is 457 g/mol. The zero-order chi connectivity index (χ0) is 22.7. The highest BCUT2D eigenvalue weighted by Crippen LogP contribution is 2.18. The lowest BCUT2D eigenvalue weighted by Crippen LogP contribution is -2.43. The largest absolute Gasteiger partial charge is 0.422 e. The van der Waals surface area contributed by atoms with E-state index in [9.17, 15) is 22.8 Å². The second kappa shape index (κ2) is 8.91. The number of para-hydroxylation sites is 1. The summed E-state index contributed by atoms with van der Waals surface area (Å²) in [5.74, 6) is -1.61. The van der Waals surface area contributed by atoms with Crippen LogP contribution in [-0.2, 0) is 14.8 Å². The molecule has 1 fully saturated rings. The van der Waals surface area contributed by atoms with Crippen LogP contribution in [0.25, 0.3) is 11.0 Å². The van der Waals surface area contributed by atoms with E-state index >= 15 is 0 Å². The predicted molar refractivity (Wildman–Crippen MR) is 113 cm³/mol. The molecule has 1 aliphatic rings. The van der Waals surface area contributed by atoms with E-state index in [1.165, 1.54) is 34.6 Å². The molecule has 2 heterocycles. The first-order chi connectivity index (χ1) is 15.4. The summed E-state index contributed by atoms with van der Waals surface area (Å²) >= 11 is 0. The second-order valence-electron chi connectivity index (χ2n) is 6.94. The number of hydrogen-bond donors (Lipinski definition) is 2. The molecule has 2 N–H and O–H groups in total. The van der Waals surface area contributed by atoms with Gasteiger partial charge in [-0.2, -0.15) is 4.31 Å². The molecule has 3 aromatic rings. The number of nitrogens with one attached hydrogen (secondary N) is 2. The van der Waals surface area contributed by atoms with Crippen LogP contribution in [0.4, 0.5) is 0 Å². The lowest BCUT2D eigenvalue weighted by atomic mass is 10.2. The standard InChI is InChI=1S/C21H19N3O7S/c25-19(15-5-3-6-16(12-15)32(28,29)24-8-10-30-11-9-24)22-23-20(26)17-13-14-4-1-2-7-18(14)31-21(17)27/h1-7,12-13H,8-11H2,(H,22,25)(H,23,26). The summed E-state index contributed by atoms with van der Waals surface area (Å²) in [7, 11) is -3.79. The molecule has 166 valence electrons. The van der Waals surface area contributed by atoms with Crippen LogP contribution < -0.4 is 16.5 Å². The Morgan fingerprint density at radius 1 is 0.906 bits per heavy atom. The van der Waals surface area contributed by atoms with Gasteiger partial charge in [0.05, 0.1) is 18.1 Å². The number of ether oxygens (including phenoxy) is 1. The van der Waals surface area contributed by atoms with Gasteiger partial charge < -0.3 is 9.15 Å². The first-order valence-electron chi connectivity index (χ1n) is 9.68. The van der Waals surface area contributed by atoms with Gasteiger partial charge in [-0.1, -0.05) is 24.3 Å². The molecule has 0 spiro atoms. The van der Waals surface area contributed by atoms with Crippen molar-refractivity contribution in [3.05, 3.63) is 76.1 Å². The molecule has 2 amide bonds. The molecule has 0 unspecified atom stereocenters. The van der Waals surface area contributed by atoms with E-state index in [0.717, 1.165) is 0 Å². The summed E-state index contributed by atoms with van der Waals surface area (Å²) in [5.41, 5.74) is 3.54. The van der Waals surface area contributed by atoms with Gasteiger partial charge in [0.1, 0.15) is 11.1 Å². The molecular weight excluding hydrogens is 438 g/mol. The Balaban J connectivity index is 1.48. The van der Waals surface area contributed by atoms with Gasteiger partial charge >= 0.3 is 5.63 Å². The average Bonchev–Trinajstić information content (AvgIpc) is 2.82. The number of hydrogen-bond acceptors (Lipinski definition) is 7. The molecule has 1 aromatic heterocycles. The van der Waals surface area contributed by atoms with Crippen molar-refractivity contribution < 1.29 is 27.2 Å². The van der Waals surface area contributed by atoms with Gasteiger partial charge in [-0.3, -0.25) is 20.4 Å². The molecule has 0 radical (unpaired) electrons. The normalized spacial score (nSPS) is 14.8. The number of carbonyl (C=O) groups is 2. The van der Waals surface area contributed by atoms with Crippen molar-refractivity contribution in [2.24, 2.45) is 0 Å². The summed E-state index contributed by atoms with van der Waals surface area (Å²) in [5, 5.41) is 0.546. The molecule has 1 saturated heterocycles. The van der Waals surface area contributed by atoms with Crippen LogP contribution >= 0.6 is 0 Å². The van der Waals surface area contributed by atoms with Gasteiger partial charge in [0.2, 0.25) is 10.0 Å². The first-order valence-corrected chi connectivity index (χ1v) is 11.1. The minimum Gasteiger partial charge on any atom is -0.422 e.